The second kappa shape index (κ2) is 5.75. The highest BCUT2D eigenvalue weighted by molar-refractivity contribution is 5.82. The van der Waals surface area contributed by atoms with Crippen molar-refractivity contribution in [3.8, 4) is 0 Å². The van der Waals surface area contributed by atoms with Crippen molar-refractivity contribution in [3.63, 3.8) is 0 Å². The summed E-state index contributed by atoms with van der Waals surface area (Å²) in [7, 11) is 1.74. The van der Waals surface area contributed by atoms with Gasteiger partial charge >= 0.3 is 0 Å². The van der Waals surface area contributed by atoms with Gasteiger partial charge in [-0.3, -0.25) is 4.79 Å². The molecule has 2 aromatic rings. The van der Waals surface area contributed by atoms with E-state index in [0.29, 0.717) is 37.4 Å². The summed E-state index contributed by atoms with van der Waals surface area (Å²) < 4.78 is 28.9. The van der Waals surface area contributed by atoms with Crippen LogP contribution in [0.1, 0.15) is 24.8 Å². The van der Waals surface area contributed by atoms with Crippen LogP contribution in [0.25, 0.3) is 0 Å². The summed E-state index contributed by atoms with van der Waals surface area (Å²) in [6, 6.07) is 3.53. The van der Waals surface area contributed by atoms with E-state index in [-0.39, 0.29) is 11.8 Å². The predicted molar refractivity (Wildman–Crippen MR) is 84.5 cm³/mol. The second-order valence-corrected chi connectivity index (χ2v) is 6.75. The maximum atomic E-state index is 14.2. The second-order valence-electron chi connectivity index (χ2n) is 6.75. The number of nitrogens with one attached hydrogen (secondary N) is 1. The number of nitrogens with zero attached hydrogens (tertiary/aromatic N) is 5. The molecule has 1 aromatic heterocycles. The van der Waals surface area contributed by atoms with Gasteiger partial charge in [0.1, 0.15) is 11.6 Å². The minimum atomic E-state index is -0.721. The SMILES string of the molecule is Cn1nnnc1N1CC(C(=O)NC2(c3ccc(F)cc3F)CCC2)C1. The summed E-state index contributed by atoms with van der Waals surface area (Å²) in [5, 5.41) is 14.3. The van der Waals surface area contributed by atoms with Crippen molar-refractivity contribution in [1.82, 2.24) is 25.5 Å². The minimum Gasteiger partial charge on any atom is -0.346 e. The molecule has 1 amide bonds. The number of aryl methyl sites for hydroxylation is 1. The molecule has 2 heterocycles. The van der Waals surface area contributed by atoms with E-state index in [0.717, 1.165) is 12.5 Å². The fourth-order valence-electron chi connectivity index (χ4n) is 3.51. The maximum Gasteiger partial charge on any atom is 0.245 e. The number of benzene rings is 1. The zero-order valence-corrected chi connectivity index (χ0v) is 13.7. The van der Waals surface area contributed by atoms with Gasteiger partial charge in [0.05, 0.1) is 11.5 Å². The number of hydrogen-bond acceptors (Lipinski definition) is 5. The zero-order valence-electron chi connectivity index (χ0n) is 13.7. The van der Waals surface area contributed by atoms with Crippen molar-refractivity contribution < 1.29 is 13.6 Å². The van der Waals surface area contributed by atoms with Crippen LogP contribution >= 0.6 is 0 Å². The first kappa shape index (κ1) is 15.9. The Hall–Kier alpha value is -2.58. The third-order valence-electron chi connectivity index (χ3n) is 5.15. The van der Waals surface area contributed by atoms with Gasteiger partial charge in [-0.05, 0) is 35.8 Å². The molecule has 1 N–H and O–H groups in total. The summed E-state index contributed by atoms with van der Waals surface area (Å²) in [5.41, 5.74) is -0.357. The largest absolute Gasteiger partial charge is 0.346 e. The molecule has 1 aliphatic heterocycles. The summed E-state index contributed by atoms with van der Waals surface area (Å²) in [6.45, 7) is 1.03. The predicted octanol–water partition coefficient (Wildman–Crippen LogP) is 1.12. The first-order chi connectivity index (χ1) is 12.0. The molecule has 0 bridgehead atoms. The number of rotatable bonds is 4. The van der Waals surface area contributed by atoms with E-state index in [1.54, 1.807) is 11.7 Å². The van der Waals surface area contributed by atoms with E-state index in [1.807, 2.05) is 4.90 Å². The molecule has 9 heteroatoms. The first-order valence-corrected chi connectivity index (χ1v) is 8.23. The molecule has 0 unspecified atom stereocenters. The molecule has 0 atom stereocenters. The van der Waals surface area contributed by atoms with E-state index in [4.69, 9.17) is 0 Å². The van der Waals surface area contributed by atoms with Gasteiger partial charge in [-0.25, -0.2) is 13.5 Å². The van der Waals surface area contributed by atoms with E-state index in [2.05, 4.69) is 20.8 Å². The van der Waals surface area contributed by atoms with Crippen LogP contribution in [0.4, 0.5) is 14.7 Å². The van der Waals surface area contributed by atoms with Gasteiger partial charge in [0.15, 0.2) is 0 Å². The average molecular weight is 348 g/mol. The molecule has 7 nitrogen and oxygen atoms in total. The number of carbonyl (C=O) groups excluding carboxylic acids is 1. The molecule has 0 spiro atoms. The quantitative estimate of drug-likeness (QED) is 0.896. The van der Waals surface area contributed by atoms with Crippen LogP contribution in [0, 0.1) is 17.6 Å². The van der Waals surface area contributed by atoms with Crippen molar-refractivity contribution in [2.75, 3.05) is 18.0 Å². The third kappa shape index (κ3) is 2.63. The fourth-order valence-corrected chi connectivity index (χ4v) is 3.51. The molecule has 2 aliphatic rings. The van der Waals surface area contributed by atoms with Gasteiger partial charge in [-0.15, -0.1) is 0 Å². The van der Waals surface area contributed by atoms with Crippen molar-refractivity contribution in [1.29, 1.82) is 0 Å². The van der Waals surface area contributed by atoms with E-state index in [1.165, 1.54) is 12.1 Å². The van der Waals surface area contributed by atoms with Crippen LogP contribution in [0.2, 0.25) is 0 Å². The topological polar surface area (TPSA) is 75.9 Å². The Bertz CT molecular complexity index is 813. The molecule has 1 saturated carbocycles. The molecule has 1 aromatic carbocycles. The molecule has 2 fully saturated rings. The standard InChI is InChI=1S/C16H18F2N6O/c1-23-15(20-21-22-23)24-8-10(9-24)14(25)19-16(5-2-6-16)12-4-3-11(17)7-13(12)18/h3-4,7,10H,2,5-6,8-9H2,1H3,(H,19,25). The molecule has 1 saturated heterocycles. The lowest BCUT2D eigenvalue weighted by atomic mass is 9.71. The van der Waals surface area contributed by atoms with E-state index < -0.39 is 17.2 Å². The van der Waals surface area contributed by atoms with Crippen LogP contribution in [0.3, 0.4) is 0 Å². The van der Waals surface area contributed by atoms with E-state index in [9.17, 15) is 13.6 Å². The zero-order chi connectivity index (χ0) is 17.6. The Morgan fingerprint density at radius 3 is 2.64 bits per heavy atom. The van der Waals surface area contributed by atoms with Crippen LogP contribution in [0.15, 0.2) is 18.2 Å². The van der Waals surface area contributed by atoms with Crippen LogP contribution in [-0.4, -0.2) is 39.2 Å². The van der Waals surface area contributed by atoms with Gasteiger partial charge < -0.3 is 10.2 Å². The van der Waals surface area contributed by atoms with Gasteiger partial charge in [0, 0.05) is 31.8 Å². The number of hydrogen-bond donors (Lipinski definition) is 1. The smallest absolute Gasteiger partial charge is 0.245 e. The van der Waals surface area contributed by atoms with Gasteiger partial charge in [0.25, 0.3) is 0 Å². The lowest BCUT2D eigenvalue weighted by Crippen LogP contribution is -2.60. The highest BCUT2D eigenvalue weighted by Crippen LogP contribution is 2.43. The van der Waals surface area contributed by atoms with Crippen LogP contribution < -0.4 is 10.2 Å². The molecule has 0 radical (unpaired) electrons. The monoisotopic (exact) mass is 348 g/mol. The third-order valence-corrected chi connectivity index (χ3v) is 5.15. The van der Waals surface area contributed by atoms with Gasteiger partial charge in [-0.1, -0.05) is 11.2 Å². The fraction of sp³-hybridized carbons (Fsp3) is 0.500. The van der Waals surface area contributed by atoms with Gasteiger partial charge in [-0.2, -0.15) is 0 Å². The number of tetrazole rings is 1. The Morgan fingerprint density at radius 1 is 1.32 bits per heavy atom. The Morgan fingerprint density at radius 2 is 2.08 bits per heavy atom. The Balaban J connectivity index is 1.44. The molecular formula is C16H18F2N6O. The lowest BCUT2D eigenvalue weighted by molar-refractivity contribution is -0.129. The van der Waals surface area contributed by atoms with Crippen molar-refractivity contribution >= 4 is 11.9 Å². The molecule has 4 rings (SSSR count). The maximum absolute atomic E-state index is 14.2. The van der Waals surface area contributed by atoms with Crippen molar-refractivity contribution in [2.45, 2.75) is 24.8 Å². The summed E-state index contributed by atoms with van der Waals surface area (Å²) in [5.74, 6) is -0.922. The highest BCUT2D eigenvalue weighted by Gasteiger charge is 2.45. The Labute approximate surface area is 143 Å². The molecule has 25 heavy (non-hydrogen) atoms. The minimum absolute atomic E-state index is 0.116. The summed E-state index contributed by atoms with van der Waals surface area (Å²) >= 11 is 0. The number of anilines is 1. The number of halogens is 2. The van der Waals surface area contributed by atoms with Gasteiger partial charge in [0.2, 0.25) is 11.9 Å². The Kier molecular flexibility index (Phi) is 3.66. The highest BCUT2D eigenvalue weighted by atomic mass is 19.1. The average Bonchev–Trinajstić information content (AvgIpc) is 2.88. The molecular weight excluding hydrogens is 330 g/mol. The summed E-state index contributed by atoms with van der Waals surface area (Å²) in [6.07, 6.45) is 2.22. The van der Waals surface area contributed by atoms with E-state index >= 15 is 0 Å². The number of carbonyl (C=O) groups is 1. The lowest BCUT2D eigenvalue weighted by Gasteiger charge is -2.46. The summed E-state index contributed by atoms with van der Waals surface area (Å²) in [4.78, 5) is 14.5. The van der Waals surface area contributed by atoms with Crippen LogP contribution in [0.5, 0.6) is 0 Å². The normalized spacial score (nSPS) is 19.2. The number of aromatic nitrogens is 4. The molecule has 132 valence electrons. The molecule has 1 aliphatic carbocycles. The number of amides is 1. The van der Waals surface area contributed by atoms with Crippen molar-refractivity contribution in [2.24, 2.45) is 13.0 Å². The van der Waals surface area contributed by atoms with Crippen molar-refractivity contribution in [3.05, 3.63) is 35.4 Å². The van der Waals surface area contributed by atoms with Crippen LogP contribution in [-0.2, 0) is 17.4 Å². The first-order valence-electron chi connectivity index (χ1n) is 8.23.